The molecule has 0 aliphatic carbocycles. The van der Waals surface area contributed by atoms with E-state index in [2.05, 4.69) is 40.4 Å². The summed E-state index contributed by atoms with van der Waals surface area (Å²) in [7, 11) is 2.01. The highest BCUT2D eigenvalue weighted by Gasteiger charge is 2.05. The van der Waals surface area contributed by atoms with Crippen LogP contribution in [-0.4, -0.2) is 7.05 Å². The molecule has 0 fully saturated rings. The molecular formula is C17H14N2O. The third-order valence-corrected chi connectivity index (χ3v) is 3.46. The van der Waals surface area contributed by atoms with Crippen LogP contribution in [0.2, 0.25) is 0 Å². The molecule has 0 saturated heterocycles. The fourth-order valence-corrected chi connectivity index (χ4v) is 2.27. The van der Waals surface area contributed by atoms with Crippen LogP contribution in [0.1, 0.15) is 0 Å². The second-order valence-corrected chi connectivity index (χ2v) is 4.70. The summed E-state index contributed by atoms with van der Waals surface area (Å²) >= 11 is 0. The van der Waals surface area contributed by atoms with Gasteiger partial charge in [0.1, 0.15) is 5.69 Å². The van der Waals surface area contributed by atoms with Crippen molar-refractivity contribution >= 4 is 27.8 Å². The van der Waals surface area contributed by atoms with Gasteiger partial charge >= 0.3 is 0 Å². The molecule has 3 rings (SSSR count). The molecule has 3 nitrogen and oxygen atoms in total. The van der Waals surface area contributed by atoms with Crippen molar-refractivity contribution in [2.45, 2.75) is 0 Å². The second kappa shape index (κ2) is 5.13. The monoisotopic (exact) mass is 262 g/mol. The summed E-state index contributed by atoms with van der Waals surface area (Å²) < 4.78 is 0. The molecule has 0 atom stereocenters. The van der Waals surface area contributed by atoms with E-state index in [0.717, 1.165) is 11.4 Å². The van der Waals surface area contributed by atoms with Crippen LogP contribution < -0.4 is 4.90 Å². The van der Waals surface area contributed by atoms with Crippen LogP contribution in [0.5, 0.6) is 0 Å². The molecule has 3 heteroatoms. The molecule has 0 spiro atoms. The summed E-state index contributed by atoms with van der Waals surface area (Å²) in [6, 6.07) is 21.9. The maximum absolute atomic E-state index is 10.4. The largest absolute Gasteiger partial charge is 0.345 e. The summed E-state index contributed by atoms with van der Waals surface area (Å²) in [5.41, 5.74) is 2.57. The van der Waals surface area contributed by atoms with E-state index in [1.807, 2.05) is 31.3 Å². The molecule has 0 saturated carbocycles. The van der Waals surface area contributed by atoms with Gasteiger partial charge in [-0.15, -0.1) is 4.91 Å². The van der Waals surface area contributed by atoms with Crippen molar-refractivity contribution in [2.75, 3.05) is 11.9 Å². The Hall–Kier alpha value is -2.68. The lowest BCUT2D eigenvalue weighted by Crippen LogP contribution is -2.08. The van der Waals surface area contributed by atoms with E-state index in [1.54, 1.807) is 12.1 Å². The van der Waals surface area contributed by atoms with Crippen molar-refractivity contribution in [3.05, 3.63) is 71.6 Å². The third-order valence-electron chi connectivity index (χ3n) is 3.46. The van der Waals surface area contributed by atoms with E-state index in [-0.39, 0.29) is 0 Å². The van der Waals surface area contributed by atoms with E-state index in [0.29, 0.717) is 5.69 Å². The maximum Gasteiger partial charge on any atom is 0.108 e. The molecule has 98 valence electrons. The predicted molar refractivity (Wildman–Crippen MR) is 83.9 cm³/mol. The molecule has 0 bridgehead atoms. The minimum absolute atomic E-state index is 0.445. The van der Waals surface area contributed by atoms with Gasteiger partial charge in [0, 0.05) is 18.4 Å². The quantitative estimate of drug-likeness (QED) is 0.622. The molecule has 3 aromatic carbocycles. The molecule has 0 heterocycles. The van der Waals surface area contributed by atoms with Gasteiger partial charge in [-0.3, -0.25) is 0 Å². The van der Waals surface area contributed by atoms with Crippen molar-refractivity contribution < 1.29 is 0 Å². The molecular weight excluding hydrogens is 248 g/mol. The van der Waals surface area contributed by atoms with Crippen LogP contribution in [0.25, 0.3) is 10.8 Å². The van der Waals surface area contributed by atoms with E-state index < -0.39 is 0 Å². The topological polar surface area (TPSA) is 32.7 Å². The molecule has 0 radical (unpaired) electrons. The van der Waals surface area contributed by atoms with E-state index in [1.165, 1.54) is 10.8 Å². The van der Waals surface area contributed by atoms with Gasteiger partial charge < -0.3 is 4.90 Å². The lowest BCUT2D eigenvalue weighted by Gasteiger charge is -2.20. The van der Waals surface area contributed by atoms with Crippen LogP contribution in [0.4, 0.5) is 17.1 Å². The zero-order valence-corrected chi connectivity index (χ0v) is 11.2. The Morgan fingerprint density at radius 3 is 2.15 bits per heavy atom. The third kappa shape index (κ3) is 2.26. The maximum atomic E-state index is 10.4. The van der Waals surface area contributed by atoms with Gasteiger partial charge in [0.25, 0.3) is 0 Å². The van der Waals surface area contributed by atoms with Gasteiger partial charge in [0.2, 0.25) is 0 Å². The minimum atomic E-state index is 0.445. The summed E-state index contributed by atoms with van der Waals surface area (Å²) in [4.78, 5) is 12.5. The first-order valence-corrected chi connectivity index (χ1v) is 6.44. The highest BCUT2D eigenvalue weighted by atomic mass is 16.3. The van der Waals surface area contributed by atoms with Crippen LogP contribution in [0, 0.1) is 4.91 Å². The first-order valence-electron chi connectivity index (χ1n) is 6.44. The van der Waals surface area contributed by atoms with Crippen molar-refractivity contribution in [3.63, 3.8) is 0 Å². The van der Waals surface area contributed by atoms with Crippen molar-refractivity contribution in [1.82, 2.24) is 0 Å². The number of anilines is 2. The van der Waals surface area contributed by atoms with Crippen LogP contribution in [0.3, 0.4) is 0 Å². The van der Waals surface area contributed by atoms with Crippen molar-refractivity contribution in [3.8, 4) is 0 Å². The first kappa shape index (κ1) is 12.4. The average Bonchev–Trinajstić information content (AvgIpc) is 2.54. The molecule has 0 amide bonds. The highest BCUT2D eigenvalue weighted by Crippen LogP contribution is 2.28. The summed E-state index contributed by atoms with van der Waals surface area (Å²) in [6.45, 7) is 0. The van der Waals surface area contributed by atoms with E-state index in [4.69, 9.17) is 0 Å². The van der Waals surface area contributed by atoms with Gasteiger partial charge in [0.15, 0.2) is 0 Å². The fraction of sp³-hybridized carbons (Fsp3) is 0.0588. The smallest absolute Gasteiger partial charge is 0.108 e. The van der Waals surface area contributed by atoms with E-state index in [9.17, 15) is 4.91 Å². The van der Waals surface area contributed by atoms with Crippen molar-refractivity contribution in [1.29, 1.82) is 0 Å². The Morgan fingerprint density at radius 1 is 0.800 bits per heavy atom. The van der Waals surface area contributed by atoms with Crippen LogP contribution in [0.15, 0.2) is 71.9 Å². The number of hydrogen-bond donors (Lipinski definition) is 0. The van der Waals surface area contributed by atoms with Gasteiger partial charge in [-0.25, -0.2) is 0 Å². The molecule has 0 aliphatic rings. The van der Waals surface area contributed by atoms with Crippen LogP contribution in [-0.2, 0) is 0 Å². The minimum Gasteiger partial charge on any atom is -0.345 e. The Bertz CT molecular complexity index is 750. The summed E-state index contributed by atoms with van der Waals surface area (Å²) in [5.74, 6) is 0. The number of hydrogen-bond acceptors (Lipinski definition) is 3. The lowest BCUT2D eigenvalue weighted by atomic mass is 10.1. The highest BCUT2D eigenvalue weighted by molar-refractivity contribution is 5.86. The average molecular weight is 262 g/mol. The molecule has 3 aromatic rings. The first-order chi connectivity index (χ1) is 9.78. The predicted octanol–water partition coefficient (Wildman–Crippen LogP) is 5.01. The Kier molecular flexibility index (Phi) is 3.17. The molecule has 0 N–H and O–H groups in total. The summed E-state index contributed by atoms with van der Waals surface area (Å²) in [5, 5.41) is 5.35. The zero-order valence-electron chi connectivity index (χ0n) is 11.2. The Labute approximate surface area is 117 Å². The molecule has 0 aromatic heterocycles. The number of nitrogens with zero attached hydrogens (tertiary/aromatic N) is 2. The number of fused-ring (bicyclic) bond motifs is 1. The Morgan fingerprint density at radius 2 is 1.45 bits per heavy atom. The number of benzene rings is 3. The normalized spacial score (nSPS) is 10.4. The molecule has 20 heavy (non-hydrogen) atoms. The van der Waals surface area contributed by atoms with E-state index >= 15 is 0 Å². The van der Waals surface area contributed by atoms with Gasteiger partial charge in [-0.2, -0.15) is 0 Å². The SMILES string of the molecule is CN(c1ccc(N=O)cc1)c1ccc2ccccc2c1. The van der Waals surface area contributed by atoms with Gasteiger partial charge in [-0.05, 0) is 52.3 Å². The second-order valence-electron chi connectivity index (χ2n) is 4.70. The van der Waals surface area contributed by atoms with Crippen molar-refractivity contribution in [2.24, 2.45) is 5.18 Å². The van der Waals surface area contributed by atoms with Gasteiger partial charge in [0.05, 0.1) is 0 Å². The molecule has 0 aliphatic heterocycles. The summed E-state index contributed by atoms with van der Waals surface area (Å²) in [6.07, 6.45) is 0. The standard InChI is InChI=1S/C17H14N2O/c1-19(16-10-7-15(18-20)8-11-16)17-9-6-13-4-2-3-5-14(13)12-17/h2-12H,1H3. The zero-order chi connectivity index (χ0) is 13.9. The number of nitroso groups, excluding NO2 is 1. The van der Waals surface area contributed by atoms with Gasteiger partial charge in [-0.1, -0.05) is 30.3 Å². The molecule has 0 unspecified atom stereocenters. The Balaban J connectivity index is 1.98. The number of rotatable bonds is 3. The lowest BCUT2D eigenvalue weighted by molar-refractivity contribution is 1.21. The fourth-order valence-electron chi connectivity index (χ4n) is 2.27. The van der Waals surface area contributed by atoms with Crippen LogP contribution >= 0.6 is 0 Å².